The Kier molecular flexibility index (Phi) is 5.09. The van der Waals surface area contributed by atoms with Gasteiger partial charge in [-0.15, -0.1) is 11.3 Å². The van der Waals surface area contributed by atoms with Crippen LogP contribution in [0.5, 0.6) is 0 Å². The molecule has 0 aliphatic heterocycles. The van der Waals surface area contributed by atoms with Crippen LogP contribution in [0.25, 0.3) is 0 Å². The molecular weight excluding hydrogens is 284 g/mol. The summed E-state index contributed by atoms with van der Waals surface area (Å²) < 4.78 is 0. The minimum absolute atomic E-state index is 0.156. The van der Waals surface area contributed by atoms with Crippen molar-refractivity contribution in [1.82, 2.24) is 10.3 Å². The minimum Gasteiger partial charge on any atom is -0.384 e. The molecule has 0 radical (unpaired) electrons. The molecule has 1 heterocycles. The van der Waals surface area contributed by atoms with Crippen LogP contribution < -0.4 is 5.32 Å². The number of thiazole rings is 1. The second-order valence-electron chi connectivity index (χ2n) is 4.59. The topological polar surface area (TPSA) is 62.2 Å². The van der Waals surface area contributed by atoms with Gasteiger partial charge < -0.3 is 10.4 Å². The number of hydrogen-bond donors (Lipinski definition) is 2. The standard InChI is InChI=1S/C16H16N2O2S/c1-11-6-13(4-3-5-19)8-14(7-11)16(20)17-9-15-10-21-12(2)18-15/h6-8,10,19H,5,9H2,1-2H3,(H,17,20). The van der Waals surface area contributed by atoms with Gasteiger partial charge in [0.2, 0.25) is 0 Å². The van der Waals surface area contributed by atoms with E-state index < -0.39 is 0 Å². The van der Waals surface area contributed by atoms with E-state index in [2.05, 4.69) is 22.1 Å². The van der Waals surface area contributed by atoms with E-state index in [9.17, 15) is 4.79 Å². The second kappa shape index (κ2) is 7.02. The maximum absolute atomic E-state index is 12.2. The summed E-state index contributed by atoms with van der Waals surface area (Å²) in [7, 11) is 0. The molecule has 0 saturated carbocycles. The molecule has 2 N–H and O–H groups in total. The lowest BCUT2D eigenvalue weighted by atomic mass is 10.1. The predicted octanol–water partition coefficient (Wildman–Crippen LogP) is 2.03. The summed E-state index contributed by atoms with van der Waals surface area (Å²) in [5, 5.41) is 14.5. The van der Waals surface area contributed by atoms with Gasteiger partial charge in [0.05, 0.1) is 17.2 Å². The molecule has 0 fully saturated rings. The third-order valence-electron chi connectivity index (χ3n) is 2.75. The third kappa shape index (κ3) is 4.42. The molecule has 108 valence electrons. The molecule has 0 saturated heterocycles. The first-order valence-electron chi connectivity index (χ1n) is 6.49. The first kappa shape index (κ1) is 15.2. The average molecular weight is 300 g/mol. The number of nitrogens with zero attached hydrogens (tertiary/aromatic N) is 1. The summed E-state index contributed by atoms with van der Waals surface area (Å²) in [6.45, 7) is 4.06. The first-order valence-corrected chi connectivity index (χ1v) is 7.37. The van der Waals surface area contributed by atoms with Crippen molar-refractivity contribution >= 4 is 17.2 Å². The van der Waals surface area contributed by atoms with Gasteiger partial charge in [0.15, 0.2) is 0 Å². The van der Waals surface area contributed by atoms with E-state index in [1.165, 1.54) is 0 Å². The lowest BCUT2D eigenvalue weighted by Crippen LogP contribution is -2.23. The Labute approximate surface area is 127 Å². The average Bonchev–Trinajstić information content (AvgIpc) is 2.87. The van der Waals surface area contributed by atoms with Gasteiger partial charge in [-0.1, -0.05) is 11.8 Å². The maximum Gasteiger partial charge on any atom is 0.251 e. The molecule has 2 rings (SSSR count). The van der Waals surface area contributed by atoms with Gasteiger partial charge in [0.1, 0.15) is 6.61 Å². The molecule has 21 heavy (non-hydrogen) atoms. The van der Waals surface area contributed by atoms with Gasteiger partial charge in [0, 0.05) is 16.5 Å². The number of amides is 1. The van der Waals surface area contributed by atoms with Crippen LogP contribution in [0.4, 0.5) is 0 Å². The summed E-state index contributed by atoms with van der Waals surface area (Å²) in [4.78, 5) is 16.5. The lowest BCUT2D eigenvalue weighted by molar-refractivity contribution is 0.0950. The highest BCUT2D eigenvalue weighted by Crippen LogP contribution is 2.10. The smallest absolute Gasteiger partial charge is 0.251 e. The molecule has 2 aromatic rings. The van der Waals surface area contributed by atoms with Crippen LogP contribution in [0.2, 0.25) is 0 Å². The van der Waals surface area contributed by atoms with Gasteiger partial charge in [0.25, 0.3) is 5.91 Å². The summed E-state index contributed by atoms with van der Waals surface area (Å²) >= 11 is 1.56. The molecule has 0 spiro atoms. The van der Waals surface area contributed by atoms with Crippen LogP contribution in [0.1, 0.15) is 32.2 Å². The van der Waals surface area contributed by atoms with E-state index in [0.29, 0.717) is 12.1 Å². The quantitative estimate of drug-likeness (QED) is 0.853. The molecule has 0 aliphatic carbocycles. The number of hydrogen-bond acceptors (Lipinski definition) is 4. The number of carbonyl (C=O) groups excluding carboxylic acids is 1. The van der Waals surface area contributed by atoms with Crippen LogP contribution >= 0.6 is 11.3 Å². The Morgan fingerprint density at radius 2 is 2.19 bits per heavy atom. The number of benzene rings is 1. The number of aliphatic hydroxyl groups excluding tert-OH is 1. The number of aliphatic hydroxyl groups is 1. The zero-order chi connectivity index (χ0) is 15.2. The van der Waals surface area contributed by atoms with Crippen LogP contribution in [0.15, 0.2) is 23.6 Å². The molecule has 5 heteroatoms. The molecule has 4 nitrogen and oxygen atoms in total. The zero-order valence-electron chi connectivity index (χ0n) is 11.9. The van der Waals surface area contributed by atoms with Crippen molar-refractivity contribution in [2.45, 2.75) is 20.4 Å². The van der Waals surface area contributed by atoms with Crippen molar-refractivity contribution in [3.05, 3.63) is 51.0 Å². The maximum atomic E-state index is 12.2. The van der Waals surface area contributed by atoms with E-state index >= 15 is 0 Å². The molecule has 1 amide bonds. The fourth-order valence-electron chi connectivity index (χ4n) is 1.89. The number of nitrogens with one attached hydrogen (secondary N) is 1. The molecule has 1 aromatic heterocycles. The highest BCUT2D eigenvalue weighted by molar-refractivity contribution is 7.09. The SMILES string of the molecule is Cc1cc(C#CCO)cc(C(=O)NCc2csc(C)n2)c1. The van der Waals surface area contributed by atoms with Gasteiger partial charge in [-0.2, -0.15) is 0 Å². The highest BCUT2D eigenvalue weighted by atomic mass is 32.1. The Bertz CT molecular complexity index is 711. The van der Waals surface area contributed by atoms with E-state index in [-0.39, 0.29) is 12.5 Å². The van der Waals surface area contributed by atoms with E-state index in [1.807, 2.05) is 31.4 Å². The van der Waals surface area contributed by atoms with Gasteiger partial charge in [-0.25, -0.2) is 4.98 Å². The fourth-order valence-corrected chi connectivity index (χ4v) is 2.50. The predicted molar refractivity (Wildman–Crippen MR) is 83.2 cm³/mol. The number of aryl methyl sites for hydroxylation is 2. The largest absolute Gasteiger partial charge is 0.384 e. The Morgan fingerprint density at radius 3 is 2.86 bits per heavy atom. The lowest BCUT2D eigenvalue weighted by Gasteiger charge is -2.05. The number of carbonyl (C=O) groups is 1. The second-order valence-corrected chi connectivity index (χ2v) is 5.65. The normalized spacial score (nSPS) is 9.86. The Balaban J connectivity index is 2.09. The molecule has 1 aromatic carbocycles. The van der Waals surface area contributed by atoms with Crippen molar-refractivity contribution in [2.75, 3.05) is 6.61 Å². The van der Waals surface area contributed by atoms with E-state index in [1.54, 1.807) is 17.4 Å². The first-order chi connectivity index (χ1) is 10.1. The number of aromatic nitrogens is 1. The van der Waals surface area contributed by atoms with Crippen molar-refractivity contribution in [3.8, 4) is 11.8 Å². The van der Waals surface area contributed by atoms with Gasteiger partial charge >= 0.3 is 0 Å². The van der Waals surface area contributed by atoms with E-state index in [0.717, 1.165) is 21.8 Å². The third-order valence-corrected chi connectivity index (χ3v) is 3.57. The summed E-state index contributed by atoms with van der Waals surface area (Å²) in [5.41, 5.74) is 3.09. The fraction of sp³-hybridized carbons (Fsp3) is 0.250. The molecule has 0 unspecified atom stereocenters. The van der Waals surface area contributed by atoms with Crippen molar-refractivity contribution in [3.63, 3.8) is 0 Å². The summed E-state index contributed by atoms with van der Waals surface area (Å²) in [6, 6.07) is 5.41. The molecule has 0 atom stereocenters. The van der Waals surface area contributed by atoms with Crippen molar-refractivity contribution < 1.29 is 9.90 Å². The molecular formula is C16H16N2O2S. The minimum atomic E-state index is -0.196. The van der Waals surface area contributed by atoms with Crippen LogP contribution in [0.3, 0.4) is 0 Å². The van der Waals surface area contributed by atoms with Crippen molar-refractivity contribution in [1.29, 1.82) is 0 Å². The monoisotopic (exact) mass is 300 g/mol. The zero-order valence-corrected chi connectivity index (χ0v) is 12.8. The van der Waals surface area contributed by atoms with Crippen LogP contribution in [0, 0.1) is 25.7 Å². The molecule has 0 aliphatic rings. The van der Waals surface area contributed by atoms with Crippen LogP contribution in [-0.4, -0.2) is 22.6 Å². The van der Waals surface area contributed by atoms with E-state index in [4.69, 9.17) is 5.11 Å². The summed E-state index contributed by atoms with van der Waals surface area (Å²) in [6.07, 6.45) is 0. The van der Waals surface area contributed by atoms with Crippen LogP contribution in [-0.2, 0) is 6.54 Å². The molecule has 0 bridgehead atoms. The Hall–Kier alpha value is -2.16. The van der Waals surface area contributed by atoms with Gasteiger partial charge in [-0.05, 0) is 37.6 Å². The van der Waals surface area contributed by atoms with Crippen molar-refractivity contribution in [2.24, 2.45) is 0 Å². The van der Waals surface area contributed by atoms with Gasteiger partial charge in [-0.3, -0.25) is 4.79 Å². The number of rotatable bonds is 3. The Morgan fingerprint density at radius 1 is 1.38 bits per heavy atom. The summed E-state index contributed by atoms with van der Waals surface area (Å²) in [5.74, 6) is 5.24. The highest BCUT2D eigenvalue weighted by Gasteiger charge is 2.08.